The van der Waals surface area contributed by atoms with Crippen molar-refractivity contribution in [1.29, 1.82) is 0 Å². The number of benzene rings is 1. The van der Waals surface area contributed by atoms with Crippen LogP contribution in [0, 0.1) is 6.92 Å². The average Bonchev–Trinajstić information content (AvgIpc) is 2.53. The van der Waals surface area contributed by atoms with Crippen LogP contribution in [-0.2, 0) is 10.0 Å². The Morgan fingerprint density at radius 1 is 1.30 bits per heavy atom. The Balaban J connectivity index is 2.55. The average molecular weight is 340 g/mol. The van der Waals surface area contributed by atoms with E-state index in [1.54, 1.807) is 4.31 Å². The molecule has 1 aromatic carbocycles. The Hall–Kier alpha value is -1.07. The topological polar surface area (TPSA) is 46.6 Å². The second-order valence-electron chi connectivity index (χ2n) is 6.69. The van der Waals surface area contributed by atoms with Gasteiger partial charge < -0.3 is 4.74 Å². The number of rotatable bonds is 5. The van der Waals surface area contributed by atoms with Crippen molar-refractivity contribution in [2.75, 3.05) is 13.7 Å². The summed E-state index contributed by atoms with van der Waals surface area (Å²) in [6.45, 7) is 8.84. The third-order valence-corrected chi connectivity index (χ3v) is 6.78. The van der Waals surface area contributed by atoms with Crippen molar-refractivity contribution in [1.82, 2.24) is 4.31 Å². The zero-order valence-corrected chi connectivity index (χ0v) is 15.7. The Bertz CT molecular complexity index is 652. The van der Waals surface area contributed by atoms with E-state index < -0.39 is 10.0 Å². The van der Waals surface area contributed by atoms with E-state index in [9.17, 15) is 8.42 Å². The monoisotopic (exact) mass is 339 g/mol. The molecule has 0 aliphatic carbocycles. The number of ether oxygens (including phenoxy) is 1. The first kappa shape index (κ1) is 18.3. The summed E-state index contributed by atoms with van der Waals surface area (Å²) in [5.74, 6) is 0.727. The third kappa shape index (κ3) is 3.56. The van der Waals surface area contributed by atoms with E-state index in [1.165, 1.54) is 7.11 Å². The molecule has 1 fully saturated rings. The molecule has 5 heteroatoms. The summed E-state index contributed by atoms with van der Waals surface area (Å²) in [6, 6.07) is 3.77. The molecule has 0 radical (unpaired) electrons. The number of nitrogens with zero attached hydrogens (tertiary/aromatic N) is 1. The van der Waals surface area contributed by atoms with Gasteiger partial charge in [-0.25, -0.2) is 8.42 Å². The van der Waals surface area contributed by atoms with E-state index in [4.69, 9.17) is 4.74 Å². The van der Waals surface area contributed by atoms with Gasteiger partial charge in [0.05, 0.1) is 7.11 Å². The molecule has 0 N–H and O–H groups in total. The van der Waals surface area contributed by atoms with Gasteiger partial charge >= 0.3 is 0 Å². The maximum atomic E-state index is 13.3. The molecule has 0 spiro atoms. The Labute approximate surface area is 140 Å². The zero-order valence-electron chi connectivity index (χ0n) is 14.9. The number of aryl methyl sites for hydroxylation is 1. The summed E-state index contributed by atoms with van der Waals surface area (Å²) in [7, 11) is -1.99. The van der Waals surface area contributed by atoms with E-state index in [1.807, 2.05) is 19.1 Å². The molecule has 1 aliphatic rings. The maximum absolute atomic E-state index is 13.3. The first-order valence-electron chi connectivity index (χ1n) is 8.53. The van der Waals surface area contributed by atoms with Crippen LogP contribution in [0.25, 0.3) is 0 Å². The normalized spacial score (nSPS) is 20.0. The molecule has 1 aliphatic heterocycles. The lowest BCUT2D eigenvalue weighted by atomic mass is 9.98. The van der Waals surface area contributed by atoms with Crippen LogP contribution in [-0.4, -0.2) is 32.4 Å². The van der Waals surface area contributed by atoms with Gasteiger partial charge in [0, 0.05) is 12.6 Å². The summed E-state index contributed by atoms with van der Waals surface area (Å²) < 4.78 is 33.6. The van der Waals surface area contributed by atoms with Crippen molar-refractivity contribution in [3.8, 4) is 5.75 Å². The smallest absolute Gasteiger partial charge is 0.247 e. The summed E-state index contributed by atoms with van der Waals surface area (Å²) in [4.78, 5) is 0.314. The second-order valence-corrected chi connectivity index (χ2v) is 8.55. The standard InChI is InChI=1S/C18H29NO3S/c1-6-15-9-7-8-10-19(15)23(20,21)18-12-16(13(2)3)14(4)11-17(18)22-5/h11-13,15H,6-10H2,1-5H3/t15-/m1/s1. The first-order valence-corrected chi connectivity index (χ1v) is 9.97. The Morgan fingerprint density at radius 2 is 2.00 bits per heavy atom. The van der Waals surface area contributed by atoms with E-state index in [0.717, 1.165) is 36.8 Å². The minimum absolute atomic E-state index is 0.0993. The van der Waals surface area contributed by atoms with Crippen molar-refractivity contribution in [2.45, 2.75) is 70.2 Å². The summed E-state index contributed by atoms with van der Waals surface area (Å²) in [5, 5.41) is 0. The largest absolute Gasteiger partial charge is 0.495 e. The third-order valence-electron chi connectivity index (χ3n) is 4.81. The highest BCUT2D eigenvalue weighted by Gasteiger charge is 2.34. The lowest BCUT2D eigenvalue weighted by Crippen LogP contribution is -2.43. The van der Waals surface area contributed by atoms with Crippen LogP contribution in [0.5, 0.6) is 5.75 Å². The second kappa shape index (κ2) is 7.22. The van der Waals surface area contributed by atoms with E-state index in [2.05, 4.69) is 20.8 Å². The molecule has 0 unspecified atom stereocenters. The fourth-order valence-electron chi connectivity index (χ4n) is 3.49. The molecule has 1 atom stereocenters. The fourth-order valence-corrected chi connectivity index (χ4v) is 5.43. The molecule has 0 aromatic heterocycles. The molecule has 2 rings (SSSR count). The quantitative estimate of drug-likeness (QED) is 0.812. The van der Waals surface area contributed by atoms with Gasteiger partial charge in [-0.3, -0.25) is 0 Å². The summed E-state index contributed by atoms with van der Waals surface area (Å²) in [6.07, 6.45) is 3.83. The molecule has 1 heterocycles. The Kier molecular flexibility index (Phi) is 5.74. The van der Waals surface area contributed by atoms with Crippen LogP contribution in [0.3, 0.4) is 0 Å². The molecular weight excluding hydrogens is 310 g/mol. The molecule has 1 aromatic rings. The van der Waals surface area contributed by atoms with Gasteiger partial charge in [0.2, 0.25) is 10.0 Å². The highest BCUT2D eigenvalue weighted by atomic mass is 32.2. The van der Waals surface area contributed by atoms with Gasteiger partial charge in [0.15, 0.2) is 0 Å². The van der Waals surface area contributed by atoms with E-state index in [0.29, 0.717) is 17.2 Å². The van der Waals surface area contributed by atoms with Gasteiger partial charge in [-0.15, -0.1) is 0 Å². The lowest BCUT2D eigenvalue weighted by Gasteiger charge is -2.34. The van der Waals surface area contributed by atoms with Crippen LogP contribution in [0.1, 0.15) is 63.5 Å². The van der Waals surface area contributed by atoms with Gasteiger partial charge in [0.25, 0.3) is 0 Å². The minimum atomic E-state index is -3.53. The fraction of sp³-hybridized carbons (Fsp3) is 0.667. The van der Waals surface area contributed by atoms with Gasteiger partial charge in [0.1, 0.15) is 10.6 Å². The highest BCUT2D eigenvalue weighted by Crippen LogP contribution is 2.35. The Morgan fingerprint density at radius 3 is 2.57 bits per heavy atom. The zero-order chi connectivity index (χ0) is 17.2. The molecule has 0 amide bonds. The van der Waals surface area contributed by atoms with Crippen LogP contribution in [0.4, 0.5) is 0 Å². The van der Waals surface area contributed by atoms with Gasteiger partial charge in [-0.05, 0) is 55.4 Å². The van der Waals surface area contributed by atoms with Crippen molar-refractivity contribution in [2.24, 2.45) is 0 Å². The molecule has 1 saturated heterocycles. The molecular formula is C18H29NO3S. The number of hydrogen-bond donors (Lipinski definition) is 0. The van der Waals surface area contributed by atoms with E-state index >= 15 is 0 Å². The van der Waals surface area contributed by atoms with Gasteiger partial charge in [-0.1, -0.05) is 27.2 Å². The molecule has 130 valence electrons. The highest BCUT2D eigenvalue weighted by molar-refractivity contribution is 7.89. The van der Waals surface area contributed by atoms with E-state index in [-0.39, 0.29) is 12.0 Å². The minimum Gasteiger partial charge on any atom is -0.495 e. The number of methoxy groups -OCH3 is 1. The lowest BCUT2D eigenvalue weighted by molar-refractivity contribution is 0.246. The van der Waals surface area contributed by atoms with Gasteiger partial charge in [-0.2, -0.15) is 4.31 Å². The van der Waals surface area contributed by atoms with Crippen molar-refractivity contribution < 1.29 is 13.2 Å². The first-order chi connectivity index (χ1) is 10.8. The predicted molar refractivity (Wildman–Crippen MR) is 93.6 cm³/mol. The van der Waals surface area contributed by atoms with Crippen LogP contribution >= 0.6 is 0 Å². The molecule has 0 bridgehead atoms. The summed E-state index contributed by atoms with van der Waals surface area (Å²) in [5.41, 5.74) is 2.14. The SMILES string of the molecule is CC[C@@H]1CCCCN1S(=O)(=O)c1cc(C(C)C)c(C)cc1OC. The van der Waals surface area contributed by atoms with Crippen molar-refractivity contribution in [3.05, 3.63) is 23.3 Å². The molecule has 4 nitrogen and oxygen atoms in total. The van der Waals surface area contributed by atoms with Crippen LogP contribution < -0.4 is 4.74 Å². The molecule has 0 saturated carbocycles. The number of sulfonamides is 1. The molecule has 23 heavy (non-hydrogen) atoms. The van der Waals surface area contributed by atoms with Crippen LogP contribution in [0.2, 0.25) is 0 Å². The number of hydrogen-bond acceptors (Lipinski definition) is 3. The predicted octanol–water partition coefficient (Wildman–Crippen LogP) is 4.08. The summed E-state index contributed by atoms with van der Waals surface area (Å²) >= 11 is 0. The van der Waals surface area contributed by atoms with Crippen LogP contribution in [0.15, 0.2) is 17.0 Å². The number of piperidine rings is 1. The van der Waals surface area contributed by atoms with Crippen molar-refractivity contribution >= 4 is 10.0 Å². The van der Waals surface area contributed by atoms with Crippen molar-refractivity contribution in [3.63, 3.8) is 0 Å². The maximum Gasteiger partial charge on any atom is 0.247 e.